The largest absolute Gasteiger partial charge is 0.286 e. The molecular weight excluding hydrogens is 328 g/mol. The Kier molecular flexibility index (Phi) is 6.02. The lowest BCUT2D eigenvalue weighted by molar-refractivity contribution is 0.320. The van der Waals surface area contributed by atoms with Gasteiger partial charge in [-0.3, -0.25) is 4.55 Å². The topological polar surface area (TPSA) is 54.4 Å². The maximum atomic E-state index is 10.6. The van der Waals surface area contributed by atoms with Crippen molar-refractivity contribution in [1.29, 1.82) is 0 Å². The van der Waals surface area contributed by atoms with Crippen LogP contribution in [0.15, 0.2) is 28.7 Å². The van der Waals surface area contributed by atoms with E-state index in [1.807, 2.05) is 18.2 Å². The van der Waals surface area contributed by atoms with Crippen molar-refractivity contribution >= 4 is 26.0 Å². The number of halogens is 1. The van der Waals surface area contributed by atoms with E-state index < -0.39 is 10.1 Å². The molecule has 1 rings (SSSR count). The molecule has 0 saturated heterocycles. The van der Waals surface area contributed by atoms with Crippen LogP contribution in [0.4, 0.5) is 0 Å². The molecule has 0 atom stereocenters. The summed E-state index contributed by atoms with van der Waals surface area (Å²) in [4.78, 5) is 0. The molecule has 0 spiro atoms. The van der Waals surface area contributed by atoms with E-state index in [2.05, 4.69) is 35.8 Å². The lowest BCUT2D eigenvalue weighted by Crippen LogP contribution is -2.16. The molecule has 1 aromatic carbocycles. The summed E-state index contributed by atoms with van der Waals surface area (Å²) in [6.07, 6.45) is 3.19. The Bertz CT molecular complexity index is 509. The zero-order chi connectivity index (χ0) is 14.5. The maximum absolute atomic E-state index is 10.6. The third-order valence-corrected chi connectivity index (χ3v) is 4.71. The Labute approximate surface area is 124 Å². The summed E-state index contributed by atoms with van der Waals surface area (Å²) in [5.41, 5.74) is 1.38. The van der Waals surface area contributed by atoms with E-state index in [1.165, 1.54) is 5.56 Å². The van der Waals surface area contributed by atoms with Crippen LogP contribution in [0.2, 0.25) is 0 Å². The average molecular weight is 349 g/mol. The van der Waals surface area contributed by atoms with E-state index in [1.54, 1.807) is 0 Å². The summed E-state index contributed by atoms with van der Waals surface area (Å²) in [5.74, 6) is -0.141. The van der Waals surface area contributed by atoms with E-state index in [0.717, 1.165) is 23.7 Å². The third kappa shape index (κ3) is 7.09. The highest BCUT2D eigenvalue weighted by Gasteiger charge is 2.19. The molecule has 0 aromatic heterocycles. The van der Waals surface area contributed by atoms with E-state index in [9.17, 15) is 8.42 Å². The van der Waals surface area contributed by atoms with Crippen LogP contribution < -0.4 is 0 Å². The fraction of sp³-hybridized carbons (Fsp3) is 0.571. The first-order chi connectivity index (χ1) is 8.70. The van der Waals surface area contributed by atoms with Gasteiger partial charge in [0, 0.05) is 4.47 Å². The zero-order valence-corrected chi connectivity index (χ0v) is 13.8. The highest BCUT2D eigenvalue weighted by Crippen LogP contribution is 2.31. The minimum atomic E-state index is -3.81. The number of hydrogen-bond acceptors (Lipinski definition) is 2. The fourth-order valence-electron chi connectivity index (χ4n) is 2.13. The van der Waals surface area contributed by atoms with Crippen LogP contribution in [0.1, 0.15) is 38.7 Å². The van der Waals surface area contributed by atoms with Gasteiger partial charge in [0.15, 0.2) is 0 Å². The first-order valence-corrected chi connectivity index (χ1v) is 8.78. The van der Waals surface area contributed by atoms with Crippen LogP contribution in [0.3, 0.4) is 0 Å². The number of benzene rings is 1. The van der Waals surface area contributed by atoms with Crippen LogP contribution in [-0.4, -0.2) is 18.7 Å². The molecule has 0 amide bonds. The van der Waals surface area contributed by atoms with Crippen molar-refractivity contribution in [2.45, 2.75) is 39.5 Å². The predicted molar refractivity (Wildman–Crippen MR) is 81.9 cm³/mol. The van der Waals surface area contributed by atoms with Gasteiger partial charge in [-0.25, -0.2) is 0 Å². The van der Waals surface area contributed by atoms with Crippen molar-refractivity contribution in [3.8, 4) is 0 Å². The van der Waals surface area contributed by atoms with Gasteiger partial charge in [0.25, 0.3) is 10.1 Å². The van der Waals surface area contributed by atoms with Gasteiger partial charge in [-0.15, -0.1) is 0 Å². The molecule has 108 valence electrons. The quantitative estimate of drug-likeness (QED) is 0.596. The second-order valence-electron chi connectivity index (χ2n) is 5.68. The van der Waals surface area contributed by atoms with Gasteiger partial charge >= 0.3 is 0 Å². The molecule has 0 aliphatic carbocycles. The lowest BCUT2D eigenvalue weighted by Gasteiger charge is -2.25. The Morgan fingerprint density at radius 1 is 1.21 bits per heavy atom. The number of rotatable bonds is 7. The van der Waals surface area contributed by atoms with Crippen molar-refractivity contribution in [1.82, 2.24) is 0 Å². The summed E-state index contributed by atoms with van der Waals surface area (Å²) < 4.78 is 31.1. The fourth-order valence-corrected chi connectivity index (χ4v) is 3.13. The molecule has 3 nitrogen and oxygen atoms in total. The summed E-state index contributed by atoms with van der Waals surface area (Å²) in [6.45, 7) is 4.36. The van der Waals surface area contributed by atoms with Gasteiger partial charge < -0.3 is 0 Å². The van der Waals surface area contributed by atoms with Crippen molar-refractivity contribution in [3.63, 3.8) is 0 Å². The molecule has 5 heteroatoms. The van der Waals surface area contributed by atoms with Gasteiger partial charge in [-0.05, 0) is 36.3 Å². The minimum Gasteiger partial charge on any atom is -0.286 e. The van der Waals surface area contributed by atoms with E-state index >= 15 is 0 Å². The average Bonchev–Trinajstić information content (AvgIpc) is 2.26. The predicted octanol–water partition coefficient (Wildman–Crippen LogP) is 4.08. The van der Waals surface area contributed by atoms with Crippen LogP contribution >= 0.6 is 15.9 Å². The van der Waals surface area contributed by atoms with Crippen LogP contribution in [0.5, 0.6) is 0 Å². The molecule has 0 bridgehead atoms. The molecule has 1 aromatic rings. The van der Waals surface area contributed by atoms with Crippen molar-refractivity contribution < 1.29 is 13.0 Å². The summed E-state index contributed by atoms with van der Waals surface area (Å²) >= 11 is 3.54. The van der Waals surface area contributed by atoms with Gasteiger partial charge in [0.1, 0.15) is 0 Å². The first-order valence-electron chi connectivity index (χ1n) is 6.38. The van der Waals surface area contributed by atoms with Gasteiger partial charge in [-0.1, -0.05) is 54.4 Å². The summed E-state index contributed by atoms with van der Waals surface area (Å²) in [7, 11) is -3.81. The Hall–Kier alpha value is -0.390. The Balaban J connectivity index is 2.46. The standard InChI is InChI=1S/C14H21BrO3S/c1-14(2,9-5-6-10-19(16,17)18)11-12-7-3-4-8-13(12)15/h3-4,7-8H,5-6,9-11H2,1-2H3,(H,16,17,18). The van der Waals surface area contributed by atoms with Crippen molar-refractivity contribution in [2.75, 3.05) is 5.75 Å². The lowest BCUT2D eigenvalue weighted by atomic mass is 9.81. The van der Waals surface area contributed by atoms with E-state index in [4.69, 9.17) is 4.55 Å². The van der Waals surface area contributed by atoms with E-state index in [-0.39, 0.29) is 11.2 Å². The van der Waals surface area contributed by atoms with E-state index in [0.29, 0.717) is 6.42 Å². The molecule has 0 aliphatic rings. The second-order valence-corrected chi connectivity index (χ2v) is 8.10. The number of hydrogen-bond donors (Lipinski definition) is 1. The second kappa shape index (κ2) is 6.86. The highest BCUT2D eigenvalue weighted by atomic mass is 79.9. The molecule has 0 unspecified atom stereocenters. The molecule has 19 heavy (non-hydrogen) atoms. The van der Waals surface area contributed by atoms with Crippen molar-refractivity contribution in [2.24, 2.45) is 5.41 Å². The molecular formula is C14H21BrO3S. The smallest absolute Gasteiger partial charge is 0.264 e. The zero-order valence-electron chi connectivity index (χ0n) is 11.4. The Morgan fingerprint density at radius 3 is 2.42 bits per heavy atom. The molecule has 1 N–H and O–H groups in total. The highest BCUT2D eigenvalue weighted by molar-refractivity contribution is 9.10. The summed E-state index contributed by atoms with van der Waals surface area (Å²) in [5, 5.41) is 0. The molecule has 0 heterocycles. The van der Waals surface area contributed by atoms with Gasteiger partial charge in [-0.2, -0.15) is 8.42 Å². The molecule has 0 fully saturated rings. The maximum Gasteiger partial charge on any atom is 0.264 e. The third-order valence-electron chi connectivity index (χ3n) is 3.13. The number of unbranched alkanes of at least 4 members (excludes halogenated alkanes) is 1. The molecule has 0 aliphatic heterocycles. The molecule has 0 radical (unpaired) electrons. The van der Waals surface area contributed by atoms with Gasteiger partial charge in [0.2, 0.25) is 0 Å². The molecule has 0 saturated carbocycles. The Morgan fingerprint density at radius 2 is 1.84 bits per heavy atom. The first kappa shape index (κ1) is 16.7. The van der Waals surface area contributed by atoms with Gasteiger partial charge in [0.05, 0.1) is 5.75 Å². The summed E-state index contributed by atoms with van der Waals surface area (Å²) in [6, 6.07) is 8.15. The SMILES string of the molecule is CC(C)(CCCCS(=O)(=O)O)Cc1ccccc1Br. The van der Waals surface area contributed by atoms with Crippen LogP contribution in [0.25, 0.3) is 0 Å². The van der Waals surface area contributed by atoms with Crippen LogP contribution in [0, 0.1) is 5.41 Å². The monoisotopic (exact) mass is 348 g/mol. The normalized spacial score (nSPS) is 12.6. The van der Waals surface area contributed by atoms with Crippen LogP contribution in [-0.2, 0) is 16.5 Å². The minimum absolute atomic E-state index is 0.114. The van der Waals surface area contributed by atoms with Crippen molar-refractivity contribution in [3.05, 3.63) is 34.3 Å².